The van der Waals surface area contributed by atoms with Crippen LogP contribution in [-0.4, -0.2) is 6.54 Å². The van der Waals surface area contributed by atoms with E-state index < -0.39 is 0 Å². The average molecular weight is 202 g/mol. The summed E-state index contributed by atoms with van der Waals surface area (Å²) >= 11 is 0. The number of benzene rings is 1. The summed E-state index contributed by atoms with van der Waals surface area (Å²) in [6.07, 6.45) is 2.41. The lowest BCUT2D eigenvalue weighted by atomic mass is 10.1. The molecule has 0 saturated heterocycles. The molecule has 1 aliphatic rings. The Kier molecular flexibility index (Phi) is 1.68. The summed E-state index contributed by atoms with van der Waals surface area (Å²) in [7, 11) is 0. The van der Waals surface area contributed by atoms with Crippen molar-refractivity contribution in [1.82, 2.24) is 0 Å². The van der Waals surface area contributed by atoms with Gasteiger partial charge < -0.3 is 9.84 Å². The van der Waals surface area contributed by atoms with Crippen LogP contribution in [0.15, 0.2) is 35.1 Å². The summed E-state index contributed by atoms with van der Waals surface area (Å²) in [5, 5.41) is 14.5. The van der Waals surface area contributed by atoms with Crippen molar-refractivity contribution >= 4 is 5.69 Å². The summed E-state index contributed by atoms with van der Waals surface area (Å²) in [5.41, 5.74) is 3.89. The molecule has 1 aromatic carbocycles. The van der Waals surface area contributed by atoms with Crippen LogP contribution in [0.5, 0.6) is 0 Å². The third-order valence-corrected chi connectivity index (χ3v) is 2.69. The van der Waals surface area contributed by atoms with Gasteiger partial charge in [-0.25, -0.2) is 0 Å². The highest BCUT2D eigenvalue weighted by atomic mass is 16.7. The maximum absolute atomic E-state index is 11.3. The quantitative estimate of drug-likeness (QED) is 0.714. The molecule has 0 amide bonds. The first-order valence-corrected chi connectivity index (χ1v) is 4.89. The van der Waals surface area contributed by atoms with Gasteiger partial charge in [-0.05, 0) is 30.2 Å². The van der Waals surface area contributed by atoms with E-state index in [9.17, 15) is 5.21 Å². The second-order valence-electron chi connectivity index (χ2n) is 3.60. The van der Waals surface area contributed by atoms with Gasteiger partial charge in [-0.1, -0.05) is 0 Å². The number of aromatic nitrogens is 1. The molecule has 0 fully saturated rings. The van der Waals surface area contributed by atoms with E-state index in [1.165, 1.54) is 17.5 Å². The molecule has 0 atom stereocenters. The third-order valence-electron chi connectivity index (χ3n) is 2.69. The van der Waals surface area contributed by atoms with E-state index in [1.807, 2.05) is 18.2 Å². The van der Waals surface area contributed by atoms with Crippen LogP contribution in [0, 0.1) is 5.21 Å². The lowest BCUT2D eigenvalue weighted by Crippen LogP contribution is -2.24. The number of rotatable bonds is 1. The fourth-order valence-corrected chi connectivity index (χ4v) is 1.93. The minimum absolute atomic E-state index is 0.532. The van der Waals surface area contributed by atoms with E-state index in [-0.39, 0.29) is 0 Å². The first kappa shape index (κ1) is 8.35. The molecule has 2 heterocycles. The topological polar surface area (TPSA) is 52.1 Å². The highest BCUT2D eigenvalue weighted by Gasteiger charge is 2.15. The number of fused-ring (bicyclic) bond motifs is 1. The Morgan fingerprint density at radius 3 is 3.07 bits per heavy atom. The number of nitrogens with one attached hydrogen (secondary N) is 1. The van der Waals surface area contributed by atoms with Crippen molar-refractivity contribution in [2.75, 3.05) is 11.9 Å². The zero-order valence-electron chi connectivity index (χ0n) is 8.06. The van der Waals surface area contributed by atoms with Crippen LogP contribution in [0.4, 0.5) is 5.69 Å². The molecule has 1 aliphatic heterocycles. The molecule has 1 N–H and O–H groups in total. The molecule has 15 heavy (non-hydrogen) atoms. The molecule has 4 nitrogen and oxygen atoms in total. The molecule has 0 saturated carbocycles. The molecule has 1 aromatic heterocycles. The normalized spacial score (nSPS) is 13.6. The van der Waals surface area contributed by atoms with Crippen molar-refractivity contribution in [3.63, 3.8) is 0 Å². The van der Waals surface area contributed by atoms with E-state index in [0.717, 1.165) is 18.5 Å². The lowest BCUT2D eigenvalue weighted by Gasteiger charge is -2.00. The van der Waals surface area contributed by atoms with Gasteiger partial charge >= 0.3 is 0 Å². The summed E-state index contributed by atoms with van der Waals surface area (Å²) < 4.78 is 4.68. The highest BCUT2D eigenvalue weighted by Crippen LogP contribution is 2.26. The second kappa shape index (κ2) is 3.02. The standard InChI is InChI=1S/C11H10N2O2/c14-13-11(4-6-15-13)9-1-2-10-8(7-9)3-5-12-10/h1-2,4,6-7,12H,3,5H2. The van der Waals surface area contributed by atoms with Crippen LogP contribution in [0.3, 0.4) is 0 Å². The number of hydrogen-bond acceptors (Lipinski definition) is 3. The van der Waals surface area contributed by atoms with Gasteiger partial charge in [0, 0.05) is 24.6 Å². The van der Waals surface area contributed by atoms with Gasteiger partial charge in [0.15, 0.2) is 0 Å². The van der Waals surface area contributed by atoms with Crippen molar-refractivity contribution in [2.45, 2.75) is 6.42 Å². The molecule has 0 unspecified atom stereocenters. The minimum atomic E-state index is 0.532. The predicted molar refractivity (Wildman–Crippen MR) is 55.3 cm³/mol. The Hall–Kier alpha value is -1.97. The van der Waals surface area contributed by atoms with Crippen LogP contribution >= 0.6 is 0 Å². The van der Waals surface area contributed by atoms with E-state index in [4.69, 9.17) is 0 Å². The van der Waals surface area contributed by atoms with Crippen molar-refractivity contribution in [3.05, 3.63) is 41.3 Å². The Morgan fingerprint density at radius 1 is 1.33 bits per heavy atom. The summed E-state index contributed by atoms with van der Waals surface area (Å²) in [6, 6.07) is 7.65. The minimum Gasteiger partial charge on any atom is -0.384 e. The van der Waals surface area contributed by atoms with Crippen LogP contribution in [0.1, 0.15) is 5.56 Å². The number of anilines is 1. The molecule has 4 heteroatoms. The SMILES string of the molecule is [O-][n+]1occc1-c1ccc2c(c1)CCN2. The zero-order chi connectivity index (χ0) is 10.3. The van der Waals surface area contributed by atoms with E-state index in [2.05, 4.69) is 9.84 Å². The van der Waals surface area contributed by atoms with Gasteiger partial charge in [-0.15, -0.1) is 0 Å². The van der Waals surface area contributed by atoms with Crippen LogP contribution in [0.25, 0.3) is 11.3 Å². The van der Waals surface area contributed by atoms with E-state index in [1.54, 1.807) is 6.07 Å². The molecular formula is C11H10N2O2. The number of nitrogens with zero attached hydrogens (tertiary/aromatic N) is 1. The lowest BCUT2D eigenvalue weighted by molar-refractivity contribution is -0.783. The molecule has 0 spiro atoms. The fraction of sp³-hybridized carbons (Fsp3) is 0.182. The molecule has 2 aromatic rings. The first-order chi connectivity index (χ1) is 7.34. The second-order valence-corrected chi connectivity index (χ2v) is 3.60. The Bertz CT molecular complexity index is 505. The zero-order valence-corrected chi connectivity index (χ0v) is 8.06. The molecule has 0 bridgehead atoms. The highest BCUT2D eigenvalue weighted by molar-refractivity contribution is 5.66. The van der Waals surface area contributed by atoms with E-state index in [0.29, 0.717) is 10.6 Å². The van der Waals surface area contributed by atoms with Crippen LogP contribution in [0.2, 0.25) is 0 Å². The van der Waals surface area contributed by atoms with Crippen LogP contribution in [-0.2, 0) is 6.42 Å². The monoisotopic (exact) mass is 202 g/mol. The number of hydrogen-bond donors (Lipinski definition) is 1. The van der Waals surface area contributed by atoms with Crippen LogP contribution < -0.4 is 10.2 Å². The predicted octanol–water partition coefficient (Wildman–Crippen LogP) is 1.55. The Morgan fingerprint density at radius 2 is 2.27 bits per heavy atom. The molecular weight excluding hydrogens is 192 g/mol. The molecule has 76 valence electrons. The fourth-order valence-electron chi connectivity index (χ4n) is 1.93. The third kappa shape index (κ3) is 1.26. The van der Waals surface area contributed by atoms with Crippen molar-refractivity contribution in [3.8, 4) is 11.3 Å². The van der Waals surface area contributed by atoms with Gasteiger partial charge in [-0.2, -0.15) is 0 Å². The largest absolute Gasteiger partial charge is 0.384 e. The Balaban J connectivity index is 2.11. The maximum atomic E-state index is 11.3. The first-order valence-electron chi connectivity index (χ1n) is 4.89. The summed E-state index contributed by atoms with van der Waals surface area (Å²) in [5.74, 6) is 0. The Labute approximate surface area is 86.7 Å². The summed E-state index contributed by atoms with van der Waals surface area (Å²) in [4.78, 5) is 0.532. The van der Waals surface area contributed by atoms with Gasteiger partial charge in [0.25, 0.3) is 5.69 Å². The van der Waals surface area contributed by atoms with E-state index >= 15 is 0 Å². The molecule has 0 radical (unpaired) electrons. The van der Waals surface area contributed by atoms with Crippen molar-refractivity contribution < 1.29 is 9.43 Å². The van der Waals surface area contributed by atoms with Gasteiger partial charge in [-0.3, -0.25) is 5.21 Å². The molecule has 0 aliphatic carbocycles. The smallest absolute Gasteiger partial charge is 0.276 e. The molecule has 3 rings (SSSR count). The van der Waals surface area contributed by atoms with Gasteiger partial charge in [0.05, 0.1) is 10.5 Å². The maximum Gasteiger partial charge on any atom is 0.276 e. The average Bonchev–Trinajstić information content (AvgIpc) is 2.84. The van der Waals surface area contributed by atoms with Crippen molar-refractivity contribution in [2.24, 2.45) is 0 Å². The van der Waals surface area contributed by atoms with Crippen molar-refractivity contribution in [1.29, 1.82) is 0 Å². The van der Waals surface area contributed by atoms with Gasteiger partial charge in [0.2, 0.25) is 0 Å². The van der Waals surface area contributed by atoms with Gasteiger partial charge in [0.1, 0.15) is 0 Å². The summed E-state index contributed by atoms with van der Waals surface area (Å²) in [6.45, 7) is 0.974.